The highest BCUT2D eigenvalue weighted by Gasteiger charge is 2.66. The van der Waals surface area contributed by atoms with Gasteiger partial charge in [-0.05, 0) is 24.6 Å². The molecule has 0 N–H and O–H groups in total. The van der Waals surface area contributed by atoms with Crippen molar-refractivity contribution < 1.29 is 18.7 Å². The van der Waals surface area contributed by atoms with E-state index in [2.05, 4.69) is 47.4 Å². The summed E-state index contributed by atoms with van der Waals surface area (Å²) < 4.78 is 17.1. The number of carbonyl (C=O) groups excluding carboxylic acids is 1. The number of hydrogen-bond donors (Lipinski definition) is 0. The second-order valence-corrected chi connectivity index (χ2v) is 12.4. The van der Waals surface area contributed by atoms with Crippen molar-refractivity contribution in [1.29, 1.82) is 0 Å². The van der Waals surface area contributed by atoms with Crippen LogP contribution < -0.4 is 0 Å². The van der Waals surface area contributed by atoms with Gasteiger partial charge in [0, 0.05) is 13.0 Å². The lowest BCUT2D eigenvalue weighted by Crippen LogP contribution is -2.42. The fraction of sp³-hybridized carbons (Fsp3) is 0.824. The van der Waals surface area contributed by atoms with Crippen LogP contribution in [-0.2, 0) is 18.7 Å². The molecule has 0 radical (unpaired) electrons. The number of unbranched alkanes of at least 4 members (excludes halogenated alkanes) is 1. The Balaban J connectivity index is 2.83. The summed E-state index contributed by atoms with van der Waals surface area (Å²) in [6, 6.07) is 0. The maximum Gasteiger partial charge on any atom is 0.322 e. The van der Waals surface area contributed by atoms with E-state index >= 15 is 0 Å². The molecule has 1 aliphatic rings. The summed E-state index contributed by atoms with van der Waals surface area (Å²) in [4.78, 5) is 12.3. The Morgan fingerprint density at radius 2 is 1.95 bits per heavy atom. The predicted molar refractivity (Wildman–Crippen MR) is 91.1 cm³/mol. The van der Waals surface area contributed by atoms with E-state index in [0.717, 1.165) is 12.8 Å². The van der Waals surface area contributed by atoms with Crippen LogP contribution in [0.5, 0.6) is 0 Å². The predicted octanol–water partition coefficient (Wildman–Crippen LogP) is 4.27. The minimum atomic E-state index is -2.03. The molecule has 4 nitrogen and oxygen atoms in total. The second kappa shape index (κ2) is 6.75. The van der Waals surface area contributed by atoms with E-state index in [1.54, 1.807) is 0 Å². The Morgan fingerprint density at radius 3 is 2.41 bits per heavy atom. The van der Waals surface area contributed by atoms with Gasteiger partial charge in [-0.15, -0.1) is 0 Å². The Morgan fingerprint density at radius 1 is 1.36 bits per heavy atom. The normalized spacial score (nSPS) is 24.8. The summed E-state index contributed by atoms with van der Waals surface area (Å²) in [6.45, 7) is 17.6. The van der Waals surface area contributed by atoms with E-state index in [1.165, 1.54) is 7.11 Å². The van der Waals surface area contributed by atoms with E-state index in [9.17, 15) is 4.79 Å². The van der Waals surface area contributed by atoms with Crippen LogP contribution in [0.15, 0.2) is 12.3 Å². The van der Waals surface area contributed by atoms with Crippen molar-refractivity contribution in [3.8, 4) is 0 Å². The molecule has 0 aromatic carbocycles. The molecule has 0 aromatic heterocycles. The molecule has 5 heteroatoms. The molecule has 0 bridgehead atoms. The monoisotopic (exact) mass is 328 g/mol. The van der Waals surface area contributed by atoms with Crippen molar-refractivity contribution in [3.05, 3.63) is 12.3 Å². The highest BCUT2D eigenvalue weighted by Crippen LogP contribution is 2.56. The largest absolute Gasteiger partial charge is 0.546 e. The van der Waals surface area contributed by atoms with Crippen molar-refractivity contribution in [1.82, 2.24) is 0 Å². The number of hydrogen-bond acceptors (Lipinski definition) is 4. The van der Waals surface area contributed by atoms with Crippen LogP contribution in [0.4, 0.5) is 0 Å². The van der Waals surface area contributed by atoms with E-state index in [-0.39, 0.29) is 17.1 Å². The lowest BCUT2D eigenvalue weighted by molar-refractivity contribution is -0.148. The molecule has 0 saturated heterocycles. The Labute approximate surface area is 136 Å². The number of rotatable bonds is 8. The van der Waals surface area contributed by atoms with Crippen molar-refractivity contribution >= 4 is 14.3 Å². The fourth-order valence-corrected chi connectivity index (χ4v) is 3.27. The molecule has 1 saturated carbocycles. The minimum Gasteiger partial charge on any atom is -0.546 e. The molecule has 1 rings (SSSR count). The van der Waals surface area contributed by atoms with Crippen molar-refractivity contribution in [2.75, 3.05) is 13.7 Å². The second-order valence-electron chi connectivity index (χ2n) is 7.67. The third-order valence-corrected chi connectivity index (χ3v) is 9.31. The van der Waals surface area contributed by atoms with E-state index in [1.807, 2.05) is 0 Å². The van der Waals surface area contributed by atoms with Crippen molar-refractivity contribution in [2.24, 2.45) is 5.41 Å². The number of carbonyl (C=O) groups is 1. The summed E-state index contributed by atoms with van der Waals surface area (Å²) >= 11 is 0. The minimum absolute atomic E-state index is 0.0563. The molecule has 0 aromatic rings. The SMILES string of the molecule is C=C(O[Si](C)(C)C(C)(C)C)[C@]1(C(=O)OC)C[C@@H]1OCCCC. The van der Waals surface area contributed by atoms with E-state index in [0.29, 0.717) is 18.8 Å². The highest BCUT2D eigenvalue weighted by atomic mass is 28.4. The van der Waals surface area contributed by atoms with Crippen molar-refractivity contribution in [3.63, 3.8) is 0 Å². The van der Waals surface area contributed by atoms with Gasteiger partial charge in [0.1, 0.15) is 0 Å². The van der Waals surface area contributed by atoms with Crippen LogP contribution in [0, 0.1) is 5.41 Å². The first-order valence-corrected chi connectivity index (χ1v) is 11.0. The van der Waals surface area contributed by atoms with Crippen LogP contribution in [0.2, 0.25) is 18.1 Å². The molecule has 0 unspecified atom stereocenters. The zero-order chi connectivity index (χ0) is 17.2. The van der Waals surface area contributed by atoms with Gasteiger partial charge in [-0.3, -0.25) is 4.79 Å². The van der Waals surface area contributed by atoms with E-state index in [4.69, 9.17) is 13.9 Å². The van der Waals surface area contributed by atoms with Crippen LogP contribution in [0.25, 0.3) is 0 Å². The first kappa shape index (κ1) is 19.2. The average molecular weight is 329 g/mol. The lowest BCUT2D eigenvalue weighted by Gasteiger charge is -2.38. The Hall–Kier alpha value is -0.813. The van der Waals surface area contributed by atoms with Gasteiger partial charge in [-0.25, -0.2) is 0 Å². The summed E-state index contributed by atoms with van der Waals surface area (Å²) in [7, 11) is -0.619. The van der Waals surface area contributed by atoms with Gasteiger partial charge >= 0.3 is 5.97 Å². The molecule has 0 aliphatic heterocycles. The molecule has 0 heterocycles. The summed E-state index contributed by atoms with van der Waals surface area (Å²) in [6.07, 6.45) is 2.50. The number of ether oxygens (including phenoxy) is 2. The third kappa shape index (κ3) is 3.74. The van der Waals surface area contributed by atoms with E-state index < -0.39 is 13.7 Å². The average Bonchev–Trinajstić information content (AvgIpc) is 3.12. The first-order valence-electron chi connectivity index (χ1n) is 8.11. The van der Waals surface area contributed by atoms with Gasteiger partial charge in [0.2, 0.25) is 8.32 Å². The zero-order valence-corrected chi connectivity index (χ0v) is 16.2. The van der Waals surface area contributed by atoms with Crippen molar-refractivity contribution in [2.45, 2.75) is 71.2 Å². The first-order chi connectivity index (χ1) is 10.0. The fourth-order valence-electron chi connectivity index (χ4n) is 2.16. The maximum absolute atomic E-state index is 12.3. The van der Waals surface area contributed by atoms with Crippen LogP contribution >= 0.6 is 0 Å². The number of methoxy groups -OCH3 is 1. The van der Waals surface area contributed by atoms with Gasteiger partial charge in [0.15, 0.2) is 5.41 Å². The summed E-state index contributed by atoms with van der Waals surface area (Å²) in [5, 5.41) is 0.0563. The maximum atomic E-state index is 12.3. The van der Waals surface area contributed by atoms with Gasteiger partial charge in [0.25, 0.3) is 0 Å². The van der Waals surface area contributed by atoms with Gasteiger partial charge in [-0.1, -0.05) is 40.7 Å². The van der Waals surface area contributed by atoms with Gasteiger partial charge in [-0.2, -0.15) is 0 Å². The highest BCUT2D eigenvalue weighted by molar-refractivity contribution is 6.74. The quantitative estimate of drug-likeness (QED) is 0.289. The summed E-state index contributed by atoms with van der Waals surface area (Å²) in [5.74, 6) is 0.227. The van der Waals surface area contributed by atoms with Gasteiger partial charge < -0.3 is 13.9 Å². The summed E-state index contributed by atoms with van der Waals surface area (Å²) in [5.41, 5.74) is -0.808. The van der Waals surface area contributed by atoms with Crippen LogP contribution in [0.1, 0.15) is 47.0 Å². The van der Waals surface area contributed by atoms with Gasteiger partial charge in [0.05, 0.1) is 19.0 Å². The molecular weight excluding hydrogens is 296 g/mol. The third-order valence-electron chi connectivity index (χ3n) is 4.95. The lowest BCUT2D eigenvalue weighted by atomic mass is 10.1. The molecular formula is C17H32O4Si. The standard InChI is InChI=1S/C17H32O4Si/c1-9-10-11-20-14-12-17(14,15(18)19-6)13(2)21-22(7,8)16(3,4)5/h14H,2,9-12H2,1,3-8H3/t14-,17+/m0/s1. The smallest absolute Gasteiger partial charge is 0.322 e. The number of esters is 1. The van der Waals surface area contributed by atoms with Crippen LogP contribution in [0.3, 0.4) is 0 Å². The molecule has 2 atom stereocenters. The topological polar surface area (TPSA) is 44.8 Å². The zero-order valence-electron chi connectivity index (χ0n) is 15.2. The molecule has 1 aliphatic carbocycles. The van der Waals surface area contributed by atoms with Crippen LogP contribution in [-0.4, -0.2) is 34.1 Å². The Kier molecular flexibility index (Phi) is 5.90. The molecule has 1 fully saturated rings. The molecule has 0 spiro atoms. The molecule has 22 heavy (non-hydrogen) atoms. The molecule has 128 valence electrons. The molecule has 0 amide bonds. The Bertz CT molecular complexity index is 425.